The molecule has 0 unspecified atom stereocenters. The largest absolute Gasteiger partial charge is 0.497 e. The minimum absolute atomic E-state index is 0.227. The molecule has 0 aliphatic rings. The van der Waals surface area contributed by atoms with E-state index in [1.807, 2.05) is 0 Å². The molecule has 15 heavy (non-hydrogen) atoms. The Morgan fingerprint density at radius 3 is 2.13 bits per heavy atom. The summed E-state index contributed by atoms with van der Waals surface area (Å²) in [5.74, 6) is 0.715. The number of ether oxygens (including phenoxy) is 1. The molecule has 0 radical (unpaired) electrons. The Labute approximate surface area is 88.8 Å². The first kappa shape index (κ1) is 11.5. The van der Waals surface area contributed by atoms with E-state index in [4.69, 9.17) is 9.94 Å². The second-order valence-electron chi connectivity index (χ2n) is 3.74. The van der Waals surface area contributed by atoms with Crippen molar-refractivity contribution in [1.82, 2.24) is 0 Å². The molecule has 0 aliphatic carbocycles. The summed E-state index contributed by atoms with van der Waals surface area (Å²) < 4.78 is 5.00. The normalized spacial score (nSPS) is 12.7. The van der Waals surface area contributed by atoms with Gasteiger partial charge >= 0.3 is 0 Å². The average Bonchev–Trinajstić information content (AvgIpc) is 2.18. The van der Waals surface area contributed by atoms with E-state index in [-0.39, 0.29) is 5.71 Å². The number of hydrogen-bond acceptors (Lipinski definition) is 4. The van der Waals surface area contributed by atoms with Crippen molar-refractivity contribution in [2.75, 3.05) is 7.11 Å². The summed E-state index contributed by atoms with van der Waals surface area (Å²) in [7, 11) is 1.58. The highest BCUT2D eigenvalue weighted by molar-refractivity contribution is 6.05. The first-order chi connectivity index (χ1) is 6.99. The molecule has 1 aromatic carbocycles. The Bertz CT molecular complexity index is 349. The Kier molecular flexibility index (Phi) is 3.31. The summed E-state index contributed by atoms with van der Waals surface area (Å²) in [6.45, 7) is 3.12. The molecule has 4 heteroatoms. The lowest BCUT2D eigenvalue weighted by Gasteiger charge is -2.18. The van der Waals surface area contributed by atoms with Gasteiger partial charge in [0.25, 0.3) is 0 Å². The first-order valence-corrected chi connectivity index (χ1v) is 4.58. The summed E-state index contributed by atoms with van der Waals surface area (Å²) in [6, 6.07) is 6.94. The molecule has 1 aromatic rings. The number of oxime groups is 1. The molecule has 0 saturated heterocycles. The number of aliphatic hydroxyl groups is 1. The summed E-state index contributed by atoms with van der Waals surface area (Å²) in [5.41, 5.74) is -0.292. The Morgan fingerprint density at radius 2 is 1.80 bits per heavy atom. The summed E-state index contributed by atoms with van der Waals surface area (Å²) in [5, 5.41) is 21.7. The van der Waals surface area contributed by atoms with E-state index in [0.29, 0.717) is 11.3 Å². The fourth-order valence-corrected chi connectivity index (χ4v) is 1.28. The topological polar surface area (TPSA) is 62.0 Å². The van der Waals surface area contributed by atoms with Crippen LogP contribution in [0.4, 0.5) is 0 Å². The standard InChI is InChI=1S/C11H15NO3/c1-11(2,13)10(12-14)8-4-6-9(15-3)7-5-8/h4-7,13-14H,1-3H3/b12-10+. The fourth-order valence-electron chi connectivity index (χ4n) is 1.28. The number of nitrogens with zero attached hydrogens (tertiary/aromatic N) is 1. The van der Waals surface area contributed by atoms with Crippen LogP contribution in [0.1, 0.15) is 19.4 Å². The number of benzene rings is 1. The molecule has 0 spiro atoms. The highest BCUT2D eigenvalue weighted by Crippen LogP contribution is 2.17. The van der Waals surface area contributed by atoms with Crippen LogP contribution in [0.2, 0.25) is 0 Å². The van der Waals surface area contributed by atoms with Crippen molar-refractivity contribution in [3.8, 4) is 5.75 Å². The third-order valence-electron chi connectivity index (χ3n) is 2.04. The number of rotatable bonds is 3. The van der Waals surface area contributed by atoms with Crippen LogP contribution in [0, 0.1) is 0 Å². The van der Waals surface area contributed by atoms with Crippen molar-refractivity contribution in [3.63, 3.8) is 0 Å². The lowest BCUT2D eigenvalue weighted by atomic mass is 9.96. The Morgan fingerprint density at radius 1 is 1.27 bits per heavy atom. The van der Waals surface area contributed by atoms with Crippen LogP contribution >= 0.6 is 0 Å². The molecule has 0 aliphatic heterocycles. The maximum Gasteiger partial charge on any atom is 0.118 e. The quantitative estimate of drug-likeness (QED) is 0.452. The molecule has 4 nitrogen and oxygen atoms in total. The van der Waals surface area contributed by atoms with Gasteiger partial charge in [-0.2, -0.15) is 0 Å². The van der Waals surface area contributed by atoms with Gasteiger partial charge in [-0.1, -0.05) is 5.16 Å². The first-order valence-electron chi connectivity index (χ1n) is 4.58. The third-order valence-corrected chi connectivity index (χ3v) is 2.04. The van der Waals surface area contributed by atoms with E-state index >= 15 is 0 Å². The fraction of sp³-hybridized carbons (Fsp3) is 0.364. The van der Waals surface area contributed by atoms with Gasteiger partial charge in [0.1, 0.15) is 17.1 Å². The van der Waals surface area contributed by atoms with E-state index in [0.717, 1.165) is 0 Å². The summed E-state index contributed by atoms with van der Waals surface area (Å²) in [6.07, 6.45) is 0. The zero-order valence-electron chi connectivity index (χ0n) is 9.06. The molecule has 0 atom stereocenters. The molecule has 0 heterocycles. The van der Waals surface area contributed by atoms with Crippen molar-refractivity contribution in [2.45, 2.75) is 19.4 Å². The molecule has 1 rings (SSSR count). The van der Waals surface area contributed by atoms with Crippen LogP contribution in [0.5, 0.6) is 5.75 Å². The van der Waals surface area contributed by atoms with Gasteiger partial charge in [-0.15, -0.1) is 0 Å². The van der Waals surface area contributed by atoms with Crippen LogP contribution in [0.25, 0.3) is 0 Å². The van der Waals surface area contributed by atoms with E-state index in [1.165, 1.54) is 0 Å². The van der Waals surface area contributed by atoms with E-state index in [2.05, 4.69) is 5.16 Å². The maximum absolute atomic E-state index is 9.74. The highest BCUT2D eigenvalue weighted by atomic mass is 16.5. The summed E-state index contributed by atoms with van der Waals surface area (Å²) >= 11 is 0. The molecule has 0 bridgehead atoms. The molecular formula is C11H15NO3. The zero-order valence-corrected chi connectivity index (χ0v) is 9.06. The summed E-state index contributed by atoms with van der Waals surface area (Å²) in [4.78, 5) is 0. The van der Waals surface area contributed by atoms with E-state index in [1.54, 1.807) is 45.2 Å². The highest BCUT2D eigenvalue weighted by Gasteiger charge is 2.23. The predicted molar refractivity (Wildman–Crippen MR) is 57.6 cm³/mol. The van der Waals surface area contributed by atoms with Crippen LogP contribution in [-0.4, -0.2) is 28.7 Å². The van der Waals surface area contributed by atoms with Crippen molar-refractivity contribution in [2.24, 2.45) is 5.16 Å². The van der Waals surface area contributed by atoms with Gasteiger partial charge in [0, 0.05) is 5.56 Å². The lowest BCUT2D eigenvalue weighted by Crippen LogP contribution is -2.32. The third kappa shape index (κ3) is 2.70. The monoisotopic (exact) mass is 209 g/mol. The second-order valence-corrected chi connectivity index (χ2v) is 3.74. The molecule has 82 valence electrons. The molecule has 0 amide bonds. The van der Waals surface area contributed by atoms with Gasteiger partial charge in [0.15, 0.2) is 0 Å². The average molecular weight is 209 g/mol. The van der Waals surface area contributed by atoms with Crippen molar-refractivity contribution in [1.29, 1.82) is 0 Å². The van der Waals surface area contributed by atoms with Crippen LogP contribution in [0.3, 0.4) is 0 Å². The Hall–Kier alpha value is -1.55. The van der Waals surface area contributed by atoms with Crippen molar-refractivity contribution in [3.05, 3.63) is 29.8 Å². The molecule has 0 fully saturated rings. The van der Waals surface area contributed by atoms with Gasteiger partial charge in [-0.05, 0) is 38.1 Å². The predicted octanol–water partition coefficient (Wildman–Crippen LogP) is 1.64. The van der Waals surface area contributed by atoms with Gasteiger partial charge in [0.05, 0.1) is 7.11 Å². The number of methoxy groups -OCH3 is 1. The minimum Gasteiger partial charge on any atom is -0.497 e. The maximum atomic E-state index is 9.74. The van der Waals surface area contributed by atoms with Crippen LogP contribution in [0.15, 0.2) is 29.4 Å². The van der Waals surface area contributed by atoms with Gasteiger partial charge < -0.3 is 15.1 Å². The van der Waals surface area contributed by atoms with Crippen LogP contribution < -0.4 is 4.74 Å². The molecule has 0 saturated carbocycles. The van der Waals surface area contributed by atoms with Crippen molar-refractivity contribution >= 4 is 5.71 Å². The van der Waals surface area contributed by atoms with Gasteiger partial charge in [0.2, 0.25) is 0 Å². The van der Waals surface area contributed by atoms with Crippen molar-refractivity contribution < 1.29 is 15.1 Å². The molecule has 0 aromatic heterocycles. The molecular weight excluding hydrogens is 194 g/mol. The van der Waals surface area contributed by atoms with E-state index < -0.39 is 5.60 Å². The van der Waals surface area contributed by atoms with E-state index in [9.17, 15) is 5.11 Å². The Balaban J connectivity index is 3.05. The van der Waals surface area contributed by atoms with Gasteiger partial charge in [-0.3, -0.25) is 0 Å². The second kappa shape index (κ2) is 4.31. The number of hydrogen-bond donors (Lipinski definition) is 2. The zero-order chi connectivity index (χ0) is 11.5. The molecule has 2 N–H and O–H groups in total. The lowest BCUT2D eigenvalue weighted by molar-refractivity contribution is 0.148. The van der Waals surface area contributed by atoms with Crippen LogP contribution in [-0.2, 0) is 0 Å². The smallest absolute Gasteiger partial charge is 0.118 e. The SMILES string of the molecule is COc1ccc(/C(=N\O)C(C)(C)O)cc1. The minimum atomic E-state index is -1.18. The van der Waals surface area contributed by atoms with Gasteiger partial charge in [-0.25, -0.2) is 0 Å².